The molecule has 1 aliphatic rings. The Hall–Kier alpha value is -3.79. The molecule has 1 N–H and O–H groups in total. The SMILES string of the molecule is CCOC(=O)c1c(C(=O)N2CCN(C(=O)Nc3ccccc3Br)C(C)C2)nc(C)nc1-c1ccccc1. The maximum absolute atomic E-state index is 13.7. The minimum atomic E-state index is -0.649. The molecule has 3 amide bonds. The normalized spacial score (nSPS) is 15.3. The van der Waals surface area contributed by atoms with E-state index < -0.39 is 11.9 Å². The molecule has 1 fully saturated rings. The number of para-hydroxylation sites is 1. The molecule has 1 unspecified atom stereocenters. The summed E-state index contributed by atoms with van der Waals surface area (Å²) in [6.45, 7) is 6.32. The molecular formula is C27H28BrN5O4. The predicted molar refractivity (Wildman–Crippen MR) is 143 cm³/mol. The quantitative estimate of drug-likeness (QED) is 0.447. The summed E-state index contributed by atoms with van der Waals surface area (Å²) in [6, 6.07) is 16.0. The highest BCUT2D eigenvalue weighted by Gasteiger charge is 2.34. The first-order valence-corrected chi connectivity index (χ1v) is 12.8. The van der Waals surface area contributed by atoms with Crippen LogP contribution in [0.3, 0.4) is 0 Å². The van der Waals surface area contributed by atoms with Crippen LogP contribution in [0.25, 0.3) is 11.3 Å². The number of halogens is 1. The van der Waals surface area contributed by atoms with E-state index >= 15 is 0 Å². The van der Waals surface area contributed by atoms with Gasteiger partial charge in [0.2, 0.25) is 0 Å². The van der Waals surface area contributed by atoms with Crippen molar-refractivity contribution in [2.75, 3.05) is 31.6 Å². The lowest BCUT2D eigenvalue weighted by Gasteiger charge is -2.39. The van der Waals surface area contributed by atoms with E-state index in [0.29, 0.717) is 35.9 Å². The third-order valence-electron chi connectivity index (χ3n) is 6.04. The summed E-state index contributed by atoms with van der Waals surface area (Å²) >= 11 is 3.44. The average Bonchev–Trinajstić information content (AvgIpc) is 2.89. The van der Waals surface area contributed by atoms with Gasteiger partial charge in [-0.05, 0) is 48.8 Å². The maximum atomic E-state index is 13.7. The number of carbonyl (C=O) groups excluding carboxylic acids is 3. The Bertz CT molecular complexity index is 1320. The summed E-state index contributed by atoms with van der Waals surface area (Å²) in [7, 11) is 0. The number of hydrogen-bond acceptors (Lipinski definition) is 6. The summed E-state index contributed by atoms with van der Waals surface area (Å²) in [4.78, 5) is 51.9. The first-order chi connectivity index (χ1) is 17.8. The van der Waals surface area contributed by atoms with Crippen LogP contribution in [0.2, 0.25) is 0 Å². The van der Waals surface area contributed by atoms with Crippen molar-refractivity contribution in [3.05, 3.63) is 76.2 Å². The van der Waals surface area contributed by atoms with E-state index in [4.69, 9.17) is 4.74 Å². The lowest BCUT2D eigenvalue weighted by molar-refractivity contribution is 0.0505. The molecule has 9 nitrogen and oxygen atoms in total. The number of benzene rings is 2. The number of aromatic nitrogens is 2. The number of carbonyl (C=O) groups is 3. The van der Waals surface area contributed by atoms with Crippen molar-refractivity contribution in [1.29, 1.82) is 0 Å². The fourth-order valence-corrected chi connectivity index (χ4v) is 4.66. The van der Waals surface area contributed by atoms with Crippen LogP contribution >= 0.6 is 15.9 Å². The van der Waals surface area contributed by atoms with Crippen molar-refractivity contribution in [3.8, 4) is 11.3 Å². The number of anilines is 1. The molecule has 1 atom stereocenters. The summed E-state index contributed by atoms with van der Waals surface area (Å²) in [6.07, 6.45) is 0. The van der Waals surface area contributed by atoms with Gasteiger partial charge in [0, 0.05) is 35.7 Å². The number of hydrogen-bond donors (Lipinski definition) is 1. The molecule has 192 valence electrons. The second kappa shape index (κ2) is 11.5. The van der Waals surface area contributed by atoms with Gasteiger partial charge >= 0.3 is 12.0 Å². The average molecular weight is 566 g/mol. The molecule has 4 rings (SSSR count). The Labute approximate surface area is 224 Å². The van der Waals surface area contributed by atoms with E-state index in [0.717, 1.165) is 4.47 Å². The van der Waals surface area contributed by atoms with E-state index in [9.17, 15) is 14.4 Å². The molecule has 1 aromatic heterocycles. The topological polar surface area (TPSA) is 105 Å². The largest absolute Gasteiger partial charge is 0.462 e. The van der Waals surface area contributed by atoms with Gasteiger partial charge in [0.25, 0.3) is 5.91 Å². The highest BCUT2D eigenvalue weighted by Crippen LogP contribution is 2.27. The first-order valence-electron chi connectivity index (χ1n) is 12.0. The van der Waals surface area contributed by atoms with E-state index in [1.807, 2.05) is 61.5 Å². The number of esters is 1. The molecule has 0 spiro atoms. The van der Waals surface area contributed by atoms with Crippen LogP contribution < -0.4 is 5.32 Å². The Morgan fingerprint density at radius 1 is 1.05 bits per heavy atom. The van der Waals surface area contributed by atoms with Crippen molar-refractivity contribution in [1.82, 2.24) is 19.8 Å². The second-order valence-electron chi connectivity index (χ2n) is 8.63. The molecule has 2 heterocycles. The van der Waals surface area contributed by atoms with Crippen LogP contribution in [0, 0.1) is 6.92 Å². The molecule has 0 saturated carbocycles. The smallest absolute Gasteiger partial charge is 0.342 e. The van der Waals surface area contributed by atoms with E-state index in [1.54, 1.807) is 23.6 Å². The number of ether oxygens (including phenoxy) is 1. The lowest BCUT2D eigenvalue weighted by Crippen LogP contribution is -2.56. The standard InChI is InChI=1S/C27H28BrN5O4/c1-4-37-26(35)22-23(19-10-6-5-7-11-19)29-18(3)30-24(22)25(34)32-14-15-33(17(2)16-32)27(36)31-21-13-9-8-12-20(21)28/h5-13,17H,4,14-16H2,1-3H3,(H,31,36). The van der Waals surface area contributed by atoms with Gasteiger partial charge in [-0.3, -0.25) is 4.79 Å². The molecule has 3 aromatic rings. The summed E-state index contributed by atoms with van der Waals surface area (Å²) in [5.74, 6) is -0.678. The van der Waals surface area contributed by atoms with Gasteiger partial charge in [-0.2, -0.15) is 0 Å². The monoisotopic (exact) mass is 565 g/mol. The minimum Gasteiger partial charge on any atom is -0.462 e. The third-order valence-corrected chi connectivity index (χ3v) is 6.73. The van der Waals surface area contributed by atoms with E-state index in [-0.39, 0.29) is 36.5 Å². The number of piperazine rings is 1. The number of aryl methyl sites for hydroxylation is 1. The van der Waals surface area contributed by atoms with Gasteiger partial charge in [0.15, 0.2) is 0 Å². The number of rotatable bonds is 5. The van der Waals surface area contributed by atoms with E-state index in [2.05, 4.69) is 31.2 Å². The van der Waals surface area contributed by atoms with E-state index in [1.165, 1.54) is 0 Å². The van der Waals surface area contributed by atoms with Gasteiger partial charge < -0.3 is 19.9 Å². The molecule has 2 aromatic carbocycles. The van der Waals surface area contributed by atoms with Crippen molar-refractivity contribution >= 4 is 39.5 Å². The highest BCUT2D eigenvalue weighted by atomic mass is 79.9. The van der Waals surface area contributed by atoms with Crippen LogP contribution in [0.4, 0.5) is 10.5 Å². The molecule has 10 heteroatoms. The van der Waals surface area contributed by atoms with Crippen LogP contribution in [-0.4, -0.2) is 70.0 Å². The van der Waals surface area contributed by atoms with Crippen LogP contribution in [0.5, 0.6) is 0 Å². The fourth-order valence-electron chi connectivity index (χ4n) is 4.27. The van der Waals surface area contributed by atoms with Crippen LogP contribution in [0.15, 0.2) is 59.1 Å². The number of nitrogens with one attached hydrogen (secondary N) is 1. The van der Waals surface area contributed by atoms with Crippen LogP contribution in [0.1, 0.15) is 40.5 Å². The van der Waals surface area contributed by atoms with Crippen molar-refractivity contribution in [2.24, 2.45) is 0 Å². The van der Waals surface area contributed by atoms with Gasteiger partial charge in [-0.1, -0.05) is 42.5 Å². The second-order valence-corrected chi connectivity index (χ2v) is 9.49. The summed E-state index contributed by atoms with van der Waals surface area (Å²) in [5.41, 5.74) is 1.76. The third kappa shape index (κ3) is 5.80. The number of nitrogens with zero attached hydrogens (tertiary/aromatic N) is 4. The zero-order valence-electron chi connectivity index (χ0n) is 20.9. The van der Waals surface area contributed by atoms with Crippen molar-refractivity contribution in [3.63, 3.8) is 0 Å². The van der Waals surface area contributed by atoms with Crippen molar-refractivity contribution in [2.45, 2.75) is 26.8 Å². The molecule has 0 bridgehead atoms. The molecular weight excluding hydrogens is 538 g/mol. The van der Waals surface area contributed by atoms with Crippen molar-refractivity contribution < 1.29 is 19.1 Å². The maximum Gasteiger partial charge on any atom is 0.342 e. The van der Waals surface area contributed by atoms with Gasteiger partial charge in [-0.25, -0.2) is 19.6 Å². The number of urea groups is 1. The molecule has 0 radical (unpaired) electrons. The zero-order valence-corrected chi connectivity index (χ0v) is 22.5. The molecule has 37 heavy (non-hydrogen) atoms. The number of amides is 3. The Morgan fingerprint density at radius 2 is 1.76 bits per heavy atom. The minimum absolute atomic E-state index is 0.00289. The van der Waals surface area contributed by atoms with Gasteiger partial charge in [0.05, 0.1) is 18.0 Å². The molecule has 1 saturated heterocycles. The van der Waals surface area contributed by atoms with Crippen LogP contribution in [-0.2, 0) is 4.74 Å². The zero-order chi connectivity index (χ0) is 26.5. The lowest BCUT2D eigenvalue weighted by atomic mass is 10.0. The Kier molecular flexibility index (Phi) is 8.17. The van der Waals surface area contributed by atoms with Gasteiger partial charge in [0.1, 0.15) is 17.1 Å². The van der Waals surface area contributed by atoms with Gasteiger partial charge in [-0.15, -0.1) is 0 Å². The summed E-state index contributed by atoms with van der Waals surface area (Å²) < 4.78 is 6.07. The first kappa shape index (κ1) is 26.3. The Balaban J connectivity index is 1.59. The highest BCUT2D eigenvalue weighted by molar-refractivity contribution is 9.10. The molecule has 0 aliphatic carbocycles. The Morgan fingerprint density at radius 3 is 2.43 bits per heavy atom. The molecule has 1 aliphatic heterocycles. The predicted octanol–water partition coefficient (Wildman–Crippen LogP) is 4.77. The fraction of sp³-hybridized carbons (Fsp3) is 0.296. The summed E-state index contributed by atoms with van der Waals surface area (Å²) in [5, 5.41) is 2.91.